The van der Waals surface area contributed by atoms with Gasteiger partial charge in [-0.25, -0.2) is 14.4 Å². The maximum absolute atomic E-state index is 13.3. The molecular weight excluding hydrogens is 470 g/mol. The van der Waals surface area contributed by atoms with Crippen LogP contribution in [-0.2, 0) is 22.6 Å². The number of unbranched alkanes of at least 4 members (excludes halogenated alkanes) is 1. The molecule has 0 spiro atoms. The molecule has 190 valence electrons. The summed E-state index contributed by atoms with van der Waals surface area (Å²) < 4.78 is 16.5. The van der Waals surface area contributed by atoms with E-state index in [9.17, 15) is 14.4 Å². The van der Waals surface area contributed by atoms with E-state index in [1.165, 1.54) is 6.07 Å². The average Bonchev–Trinajstić information content (AvgIpc) is 2.92. The van der Waals surface area contributed by atoms with Gasteiger partial charge in [-0.2, -0.15) is 0 Å². The van der Waals surface area contributed by atoms with E-state index < -0.39 is 23.7 Å². The number of hydrogen-bond acceptors (Lipinski definition) is 6. The fourth-order valence-corrected chi connectivity index (χ4v) is 4.07. The highest BCUT2D eigenvalue weighted by Gasteiger charge is 2.26. The zero-order chi connectivity index (χ0) is 26.2. The molecule has 3 aromatic carbocycles. The number of esters is 1. The number of amides is 1. The molecule has 0 aliphatic carbocycles. The SMILES string of the molecule is CCCCc1cc(=O)oc2c(C)c(OC(=O)[C@H](NC(=O)OCc3ccccc3)c3ccccc3)ccc12. The topological polar surface area (TPSA) is 94.8 Å². The van der Waals surface area contributed by atoms with Gasteiger partial charge in [0.25, 0.3) is 0 Å². The summed E-state index contributed by atoms with van der Waals surface area (Å²) >= 11 is 0. The quantitative estimate of drug-likeness (QED) is 0.172. The van der Waals surface area contributed by atoms with E-state index in [1.54, 1.807) is 43.3 Å². The minimum atomic E-state index is -1.11. The molecule has 0 fully saturated rings. The lowest BCUT2D eigenvalue weighted by molar-refractivity contribution is -0.136. The molecule has 37 heavy (non-hydrogen) atoms. The number of carbonyl (C=O) groups is 2. The van der Waals surface area contributed by atoms with Crippen molar-refractivity contribution < 1.29 is 23.5 Å². The number of aryl methyl sites for hydroxylation is 2. The number of carbonyl (C=O) groups excluding carboxylic acids is 2. The summed E-state index contributed by atoms with van der Waals surface area (Å²) in [5, 5.41) is 3.43. The van der Waals surface area contributed by atoms with Gasteiger partial charge in [-0.05, 0) is 48.6 Å². The zero-order valence-corrected chi connectivity index (χ0v) is 20.9. The number of fused-ring (bicyclic) bond motifs is 1. The Bertz CT molecular complexity index is 1430. The van der Waals surface area contributed by atoms with Crippen LogP contribution in [-0.4, -0.2) is 12.1 Å². The van der Waals surface area contributed by atoms with Crippen LogP contribution in [0.1, 0.15) is 48.1 Å². The predicted molar refractivity (Wildman–Crippen MR) is 140 cm³/mol. The number of ether oxygens (including phenoxy) is 2. The number of benzene rings is 3. The number of hydrogen-bond donors (Lipinski definition) is 1. The molecule has 0 radical (unpaired) electrons. The van der Waals surface area contributed by atoms with Crippen LogP contribution in [0.4, 0.5) is 4.79 Å². The fourth-order valence-electron chi connectivity index (χ4n) is 4.07. The molecule has 0 aliphatic rings. The molecule has 7 nitrogen and oxygen atoms in total. The summed E-state index contributed by atoms with van der Waals surface area (Å²) in [6.07, 6.45) is 1.94. The first-order chi connectivity index (χ1) is 18.0. The van der Waals surface area contributed by atoms with Crippen LogP contribution in [0.15, 0.2) is 88.1 Å². The Kier molecular flexibility index (Phi) is 8.36. The third-order valence-corrected chi connectivity index (χ3v) is 6.05. The summed E-state index contributed by atoms with van der Waals surface area (Å²) in [5.74, 6) is -0.455. The van der Waals surface area contributed by atoms with Gasteiger partial charge in [0.2, 0.25) is 0 Å². The lowest BCUT2D eigenvalue weighted by atomic mass is 10.0. The molecule has 7 heteroatoms. The molecule has 1 N–H and O–H groups in total. The van der Waals surface area contributed by atoms with Crippen LogP contribution in [0.2, 0.25) is 0 Å². The second kappa shape index (κ2) is 12.0. The summed E-state index contributed by atoms with van der Waals surface area (Å²) in [5.41, 5.74) is 2.73. The zero-order valence-electron chi connectivity index (χ0n) is 20.9. The van der Waals surface area contributed by atoms with Crippen molar-refractivity contribution in [2.24, 2.45) is 0 Å². The van der Waals surface area contributed by atoms with E-state index in [2.05, 4.69) is 12.2 Å². The first kappa shape index (κ1) is 25.7. The third-order valence-electron chi connectivity index (χ3n) is 6.05. The van der Waals surface area contributed by atoms with Crippen molar-refractivity contribution in [2.45, 2.75) is 45.8 Å². The van der Waals surface area contributed by atoms with Crippen LogP contribution < -0.4 is 15.7 Å². The Hall–Kier alpha value is -4.39. The monoisotopic (exact) mass is 499 g/mol. The van der Waals surface area contributed by atoms with Gasteiger partial charge in [0.1, 0.15) is 17.9 Å². The molecule has 1 amide bonds. The maximum Gasteiger partial charge on any atom is 0.408 e. The smallest absolute Gasteiger partial charge is 0.408 e. The first-order valence-corrected chi connectivity index (χ1v) is 12.3. The Morgan fingerprint density at radius 1 is 0.973 bits per heavy atom. The Balaban J connectivity index is 1.56. The first-order valence-electron chi connectivity index (χ1n) is 12.3. The van der Waals surface area contributed by atoms with Gasteiger partial charge < -0.3 is 19.2 Å². The van der Waals surface area contributed by atoms with Crippen molar-refractivity contribution in [3.05, 3.63) is 112 Å². The Morgan fingerprint density at radius 2 is 1.68 bits per heavy atom. The van der Waals surface area contributed by atoms with Gasteiger partial charge in [0.05, 0.1) is 0 Å². The molecule has 0 bridgehead atoms. The molecule has 1 aromatic heterocycles. The molecule has 0 unspecified atom stereocenters. The molecule has 1 heterocycles. The predicted octanol–water partition coefficient (Wildman–Crippen LogP) is 6.02. The summed E-state index contributed by atoms with van der Waals surface area (Å²) in [6, 6.07) is 21.9. The maximum atomic E-state index is 13.3. The molecule has 1 atom stereocenters. The molecule has 4 aromatic rings. The van der Waals surface area contributed by atoms with Crippen LogP contribution >= 0.6 is 0 Å². The molecular formula is C30H29NO6. The van der Waals surface area contributed by atoms with E-state index in [0.717, 1.165) is 35.8 Å². The number of nitrogens with one attached hydrogen (secondary N) is 1. The van der Waals surface area contributed by atoms with Gasteiger partial charge in [0, 0.05) is 17.0 Å². The van der Waals surface area contributed by atoms with Crippen LogP contribution in [0.25, 0.3) is 11.0 Å². The van der Waals surface area contributed by atoms with E-state index >= 15 is 0 Å². The van der Waals surface area contributed by atoms with Gasteiger partial charge in [0.15, 0.2) is 6.04 Å². The van der Waals surface area contributed by atoms with Crippen LogP contribution in [0.3, 0.4) is 0 Å². The van der Waals surface area contributed by atoms with Crippen molar-refractivity contribution in [3.8, 4) is 5.75 Å². The second-order valence-corrected chi connectivity index (χ2v) is 8.73. The van der Waals surface area contributed by atoms with E-state index in [4.69, 9.17) is 13.9 Å². The third kappa shape index (κ3) is 6.44. The standard InChI is InChI=1S/C30H29NO6/c1-3-4-13-23-18-26(32)37-28-20(2)25(17-16-24(23)28)36-29(33)27(22-14-9-6-10-15-22)31-30(34)35-19-21-11-7-5-8-12-21/h5-12,14-18,27H,3-4,13,19H2,1-2H3,(H,31,34)/t27-/m1/s1. The lowest BCUT2D eigenvalue weighted by Crippen LogP contribution is -2.36. The molecule has 4 rings (SSSR count). The van der Waals surface area contributed by atoms with Crippen molar-refractivity contribution >= 4 is 23.0 Å². The van der Waals surface area contributed by atoms with Crippen LogP contribution in [0, 0.1) is 6.92 Å². The summed E-state index contributed by atoms with van der Waals surface area (Å²) in [4.78, 5) is 38.1. The molecule has 0 saturated heterocycles. The second-order valence-electron chi connectivity index (χ2n) is 8.73. The lowest BCUT2D eigenvalue weighted by Gasteiger charge is -2.19. The highest BCUT2D eigenvalue weighted by Crippen LogP contribution is 2.30. The summed E-state index contributed by atoms with van der Waals surface area (Å²) in [6.45, 7) is 3.88. The van der Waals surface area contributed by atoms with Crippen molar-refractivity contribution in [1.82, 2.24) is 5.32 Å². The van der Waals surface area contributed by atoms with Crippen molar-refractivity contribution in [2.75, 3.05) is 0 Å². The summed E-state index contributed by atoms with van der Waals surface area (Å²) in [7, 11) is 0. The van der Waals surface area contributed by atoms with Gasteiger partial charge >= 0.3 is 17.7 Å². The van der Waals surface area contributed by atoms with E-state index in [0.29, 0.717) is 16.7 Å². The highest BCUT2D eigenvalue weighted by molar-refractivity contribution is 5.88. The van der Waals surface area contributed by atoms with Gasteiger partial charge in [-0.15, -0.1) is 0 Å². The van der Waals surface area contributed by atoms with Crippen LogP contribution in [0.5, 0.6) is 5.75 Å². The van der Waals surface area contributed by atoms with Crippen molar-refractivity contribution in [1.29, 1.82) is 0 Å². The average molecular weight is 500 g/mol. The fraction of sp³-hybridized carbons (Fsp3) is 0.233. The number of alkyl carbamates (subject to hydrolysis) is 1. The largest absolute Gasteiger partial charge is 0.445 e. The Morgan fingerprint density at radius 3 is 2.38 bits per heavy atom. The Labute approximate surface area is 215 Å². The van der Waals surface area contributed by atoms with Gasteiger partial charge in [-0.3, -0.25) is 0 Å². The van der Waals surface area contributed by atoms with E-state index in [1.807, 2.05) is 36.4 Å². The minimum Gasteiger partial charge on any atom is -0.445 e. The van der Waals surface area contributed by atoms with Gasteiger partial charge in [-0.1, -0.05) is 74.0 Å². The number of rotatable bonds is 9. The minimum absolute atomic E-state index is 0.0619. The highest BCUT2D eigenvalue weighted by atomic mass is 16.6. The van der Waals surface area contributed by atoms with Crippen molar-refractivity contribution in [3.63, 3.8) is 0 Å². The van der Waals surface area contributed by atoms with E-state index in [-0.39, 0.29) is 12.4 Å². The molecule has 0 aliphatic heterocycles. The molecule has 0 saturated carbocycles. The normalized spacial score (nSPS) is 11.6.